The number of carbonyl (C=O) groups is 1. The molecule has 1 amide bonds. The van der Waals surface area contributed by atoms with Crippen molar-refractivity contribution in [3.63, 3.8) is 0 Å². The molecule has 3 rings (SSSR count). The summed E-state index contributed by atoms with van der Waals surface area (Å²) in [5.74, 6) is -0.965. The van der Waals surface area contributed by atoms with Gasteiger partial charge in [-0.2, -0.15) is 13.2 Å². The Morgan fingerprint density at radius 2 is 2.04 bits per heavy atom. The summed E-state index contributed by atoms with van der Waals surface area (Å²) in [4.78, 5) is 20.8. The van der Waals surface area contributed by atoms with Gasteiger partial charge in [0.15, 0.2) is 5.69 Å². The summed E-state index contributed by atoms with van der Waals surface area (Å²) in [6.45, 7) is 0.886. The van der Waals surface area contributed by atoms with Crippen LogP contribution in [0.4, 0.5) is 24.8 Å². The Labute approximate surface area is 140 Å². The minimum Gasteiger partial charge on any atom is -0.338 e. The van der Waals surface area contributed by atoms with Crippen LogP contribution in [0.15, 0.2) is 30.5 Å². The number of alkyl halides is 3. The number of hydrogen-bond acceptors (Lipinski definition) is 4. The van der Waals surface area contributed by atoms with Crippen molar-refractivity contribution < 1.29 is 18.0 Å². The number of benzene rings is 1. The van der Waals surface area contributed by atoms with Crippen LogP contribution >= 0.6 is 11.6 Å². The highest BCUT2D eigenvalue weighted by Gasteiger charge is 2.39. The Morgan fingerprint density at radius 3 is 2.62 bits per heavy atom. The molecule has 2 heterocycles. The Kier molecular flexibility index (Phi) is 4.31. The minimum absolute atomic E-state index is 0.259. The molecule has 1 aliphatic rings. The Bertz CT molecular complexity index is 778. The lowest BCUT2D eigenvalue weighted by atomic mass is 10.1. The first kappa shape index (κ1) is 16.5. The van der Waals surface area contributed by atoms with Gasteiger partial charge in [-0.15, -0.1) is 0 Å². The largest absolute Gasteiger partial charge is 0.434 e. The van der Waals surface area contributed by atoms with Crippen LogP contribution in [-0.2, 0) is 6.18 Å². The predicted molar refractivity (Wildman–Crippen MR) is 82.3 cm³/mol. The zero-order chi connectivity index (χ0) is 17.3. The standard InChI is InChI=1S/C15H12ClF3N4O/c16-9-3-1-4-10(7-9)21-14-20-8-11(12(22-14)15(17,18)19)13(24)23-5-2-6-23/h1,3-4,7-8H,2,5-6H2,(H,20,21,22). The summed E-state index contributed by atoms with van der Waals surface area (Å²) >= 11 is 5.83. The third-order valence-electron chi connectivity index (χ3n) is 3.51. The van der Waals surface area contributed by atoms with Crippen molar-refractivity contribution in [1.82, 2.24) is 14.9 Å². The van der Waals surface area contributed by atoms with Gasteiger partial charge in [0.25, 0.3) is 5.91 Å². The molecule has 24 heavy (non-hydrogen) atoms. The molecule has 5 nitrogen and oxygen atoms in total. The van der Waals surface area contributed by atoms with Gasteiger partial charge in [-0.05, 0) is 24.6 Å². The quantitative estimate of drug-likeness (QED) is 0.910. The van der Waals surface area contributed by atoms with Crippen molar-refractivity contribution in [3.05, 3.63) is 46.7 Å². The van der Waals surface area contributed by atoms with Gasteiger partial charge in [0, 0.05) is 30.0 Å². The second kappa shape index (κ2) is 6.27. The molecular weight excluding hydrogens is 345 g/mol. The van der Waals surface area contributed by atoms with Crippen LogP contribution in [0, 0.1) is 0 Å². The molecule has 1 fully saturated rings. The molecule has 0 aliphatic carbocycles. The van der Waals surface area contributed by atoms with E-state index in [0.717, 1.165) is 12.6 Å². The molecule has 0 radical (unpaired) electrons. The summed E-state index contributed by atoms with van der Waals surface area (Å²) in [7, 11) is 0. The van der Waals surface area contributed by atoms with Crippen molar-refractivity contribution in [2.75, 3.05) is 18.4 Å². The molecule has 0 spiro atoms. The molecule has 1 N–H and O–H groups in total. The lowest BCUT2D eigenvalue weighted by Crippen LogP contribution is -2.43. The Balaban J connectivity index is 1.93. The smallest absolute Gasteiger partial charge is 0.338 e. The van der Waals surface area contributed by atoms with Crippen LogP contribution in [0.2, 0.25) is 5.02 Å². The predicted octanol–water partition coefficient (Wildman–Crippen LogP) is 3.74. The molecule has 1 saturated heterocycles. The van der Waals surface area contributed by atoms with Gasteiger partial charge < -0.3 is 10.2 Å². The van der Waals surface area contributed by atoms with Crippen LogP contribution in [0.25, 0.3) is 0 Å². The monoisotopic (exact) mass is 356 g/mol. The first-order chi connectivity index (χ1) is 11.3. The maximum Gasteiger partial charge on any atom is 0.434 e. The molecule has 0 unspecified atom stereocenters. The molecular formula is C15H12ClF3N4O. The number of hydrogen-bond donors (Lipinski definition) is 1. The van der Waals surface area contributed by atoms with Gasteiger partial charge >= 0.3 is 6.18 Å². The molecule has 126 valence electrons. The number of amides is 1. The summed E-state index contributed by atoms with van der Waals surface area (Å²) in [5, 5.41) is 3.07. The molecule has 0 bridgehead atoms. The normalized spacial score (nSPS) is 14.2. The number of aromatic nitrogens is 2. The topological polar surface area (TPSA) is 58.1 Å². The van der Waals surface area contributed by atoms with E-state index in [-0.39, 0.29) is 5.95 Å². The van der Waals surface area contributed by atoms with E-state index < -0.39 is 23.3 Å². The first-order valence-corrected chi connectivity index (χ1v) is 7.48. The lowest BCUT2D eigenvalue weighted by Gasteiger charge is -2.31. The number of rotatable bonds is 3. The van der Waals surface area contributed by atoms with E-state index in [1.165, 1.54) is 11.0 Å². The molecule has 9 heteroatoms. The SMILES string of the molecule is O=C(c1cnc(Nc2cccc(Cl)c2)nc1C(F)(F)F)N1CCC1. The van der Waals surface area contributed by atoms with E-state index in [9.17, 15) is 18.0 Å². The van der Waals surface area contributed by atoms with Crippen molar-refractivity contribution in [2.45, 2.75) is 12.6 Å². The van der Waals surface area contributed by atoms with Crippen LogP contribution < -0.4 is 5.32 Å². The molecule has 1 aromatic carbocycles. The zero-order valence-corrected chi connectivity index (χ0v) is 13.0. The van der Waals surface area contributed by atoms with Crippen molar-refractivity contribution in [3.8, 4) is 0 Å². The minimum atomic E-state index is -4.76. The second-order valence-electron chi connectivity index (χ2n) is 5.23. The fourth-order valence-electron chi connectivity index (χ4n) is 2.20. The number of halogens is 4. The van der Waals surface area contributed by atoms with E-state index in [1.54, 1.807) is 18.2 Å². The van der Waals surface area contributed by atoms with Gasteiger partial charge in [0.05, 0.1) is 5.56 Å². The average Bonchev–Trinajstić information content (AvgIpc) is 2.44. The van der Waals surface area contributed by atoms with Crippen molar-refractivity contribution >= 4 is 29.1 Å². The summed E-state index contributed by atoms with van der Waals surface area (Å²) in [6.07, 6.45) is -3.07. The Hall–Kier alpha value is -2.35. The van der Waals surface area contributed by atoms with Crippen LogP contribution in [0.1, 0.15) is 22.5 Å². The maximum atomic E-state index is 13.3. The first-order valence-electron chi connectivity index (χ1n) is 7.11. The van der Waals surface area contributed by atoms with Gasteiger partial charge in [0.2, 0.25) is 5.95 Å². The van der Waals surface area contributed by atoms with Crippen molar-refractivity contribution in [1.29, 1.82) is 0 Å². The van der Waals surface area contributed by atoms with Crippen LogP contribution in [0.3, 0.4) is 0 Å². The number of nitrogens with one attached hydrogen (secondary N) is 1. The van der Waals surface area contributed by atoms with Gasteiger partial charge in [0.1, 0.15) is 0 Å². The second-order valence-corrected chi connectivity index (χ2v) is 5.67. The number of likely N-dealkylation sites (tertiary alicyclic amines) is 1. The van der Waals surface area contributed by atoms with Crippen LogP contribution in [-0.4, -0.2) is 33.9 Å². The zero-order valence-electron chi connectivity index (χ0n) is 12.3. The highest BCUT2D eigenvalue weighted by molar-refractivity contribution is 6.30. The van der Waals surface area contributed by atoms with Crippen molar-refractivity contribution in [2.24, 2.45) is 0 Å². The van der Waals surface area contributed by atoms with E-state index >= 15 is 0 Å². The summed E-state index contributed by atoms with van der Waals surface area (Å²) < 4.78 is 39.8. The third kappa shape index (κ3) is 3.43. The van der Waals surface area contributed by atoms with Gasteiger partial charge in [-0.25, -0.2) is 9.97 Å². The van der Waals surface area contributed by atoms with E-state index in [1.807, 2.05) is 0 Å². The Morgan fingerprint density at radius 1 is 1.29 bits per heavy atom. The summed E-state index contributed by atoms with van der Waals surface area (Å²) in [5.41, 5.74) is -1.35. The maximum absolute atomic E-state index is 13.3. The fraction of sp³-hybridized carbons (Fsp3) is 0.267. The fourth-order valence-corrected chi connectivity index (χ4v) is 2.39. The molecule has 0 saturated carbocycles. The van der Waals surface area contributed by atoms with Gasteiger partial charge in [-0.3, -0.25) is 4.79 Å². The molecule has 1 aliphatic heterocycles. The van der Waals surface area contributed by atoms with E-state index in [2.05, 4.69) is 15.3 Å². The summed E-state index contributed by atoms with van der Waals surface area (Å²) in [6, 6.07) is 6.40. The number of anilines is 2. The molecule has 1 aromatic heterocycles. The van der Waals surface area contributed by atoms with E-state index in [0.29, 0.717) is 23.8 Å². The van der Waals surface area contributed by atoms with E-state index in [4.69, 9.17) is 11.6 Å². The molecule has 0 atom stereocenters. The average molecular weight is 357 g/mol. The molecule has 2 aromatic rings. The van der Waals surface area contributed by atoms with Gasteiger partial charge in [-0.1, -0.05) is 17.7 Å². The third-order valence-corrected chi connectivity index (χ3v) is 3.75. The lowest BCUT2D eigenvalue weighted by molar-refractivity contribution is -0.141. The highest BCUT2D eigenvalue weighted by Crippen LogP contribution is 2.32. The number of nitrogens with zero attached hydrogens (tertiary/aromatic N) is 3. The van der Waals surface area contributed by atoms with Crippen LogP contribution in [0.5, 0.6) is 0 Å². The number of carbonyl (C=O) groups excluding carboxylic acids is 1. The highest BCUT2D eigenvalue weighted by atomic mass is 35.5.